The van der Waals surface area contributed by atoms with E-state index in [1.54, 1.807) is 12.4 Å². The number of nitrogens with zero attached hydrogens (tertiary/aromatic N) is 2. The summed E-state index contributed by atoms with van der Waals surface area (Å²) in [4.78, 5) is 23.1. The Morgan fingerprint density at radius 1 is 0.818 bits per heavy atom. The Bertz CT molecular complexity index is 462. The van der Waals surface area contributed by atoms with Gasteiger partial charge in [-0.05, 0) is 50.4 Å². The smallest absolute Gasteiger partial charge is 0.262 e. The first-order chi connectivity index (χ1) is 10.8. The van der Waals surface area contributed by atoms with Crippen molar-refractivity contribution in [3.63, 3.8) is 0 Å². The van der Waals surface area contributed by atoms with Gasteiger partial charge in [-0.15, -0.1) is 0 Å². The molecule has 6 heteroatoms. The summed E-state index contributed by atoms with van der Waals surface area (Å²) in [6.07, 6.45) is 17.8. The predicted molar refractivity (Wildman–Crippen MR) is 86.2 cm³/mol. The number of nitrogens with one attached hydrogen (secondary N) is 2. The molecule has 0 aromatic carbocycles. The minimum atomic E-state index is -0.803. The highest BCUT2D eigenvalue weighted by molar-refractivity contribution is 6.35. The van der Waals surface area contributed by atoms with Crippen LogP contribution in [0.25, 0.3) is 0 Å². The molecule has 0 fully saturated rings. The Morgan fingerprint density at radius 2 is 1.27 bits per heavy atom. The summed E-state index contributed by atoms with van der Waals surface area (Å²) in [5.74, 6) is -0.956. The number of hydrogen-bond acceptors (Lipinski definition) is 4. The standard InChI is InChI=1S/C16H22N4O2/c21-15(19-17-11-13-7-3-1-4-8-13)16(22)20-18-12-14-9-5-2-6-10-14/h1-3,5,11-14H,4,6-10H2,(H,19,21)(H,20,22). The van der Waals surface area contributed by atoms with Gasteiger partial charge in [-0.1, -0.05) is 24.3 Å². The van der Waals surface area contributed by atoms with Crippen molar-refractivity contribution in [1.82, 2.24) is 10.9 Å². The van der Waals surface area contributed by atoms with Gasteiger partial charge in [-0.3, -0.25) is 9.59 Å². The Balaban J connectivity index is 1.66. The third-order valence-electron chi connectivity index (χ3n) is 3.73. The van der Waals surface area contributed by atoms with Gasteiger partial charge in [-0.25, -0.2) is 10.9 Å². The Labute approximate surface area is 130 Å². The minimum Gasteiger partial charge on any atom is -0.262 e. The first kappa shape index (κ1) is 16.1. The summed E-state index contributed by atoms with van der Waals surface area (Å²) in [6.45, 7) is 0. The maximum absolute atomic E-state index is 11.5. The van der Waals surface area contributed by atoms with Crippen LogP contribution in [-0.4, -0.2) is 24.2 Å². The lowest BCUT2D eigenvalue weighted by Gasteiger charge is -2.12. The fraction of sp³-hybridized carbons (Fsp3) is 0.500. The highest BCUT2D eigenvalue weighted by atomic mass is 16.2. The minimum absolute atomic E-state index is 0.325. The molecular weight excluding hydrogens is 280 g/mol. The van der Waals surface area contributed by atoms with Crippen molar-refractivity contribution in [3.8, 4) is 0 Å². The molecule has 2 aliphatic rings. The SMILES string of the molecule is O=C(NN=CC1CC=CCC1)C(=O)NN=CC1CC=CCC1. The van der Waals surface area contributed by atoms with Crippen molar-refractivity contribution >= 4 is 24.2 Å². The number of carbonyl (C=O) groups is 2. The lowest BCUT2D eigenvalue weighted by atomic mass is 9.96. The van der Waals surface area contributed by atoms with Crippen LogP contribution < -0.4 is 10.9 Å². The van der Waals surface area contributed by atoms with Crippen molar-refractivity contribution in [1.29, 1.82) is 0 Å². The van der Waals surface area contributed by atoms with Gasteiger partial charge in [0.15, 0.2) is 0 Å². The first-order valence-corrected chi connectivity index (χ1v) is 7.72. The van der Waals surface area contributed by atoms with Crippen LogP contribution in [0.2, 0.25) is 0 Å². The topological polar surface area (TPSA) is 82.9 Å². The van der Waals surface area contributed by atoms with Crippen LogP contribution in [0.4, 0.5) is 0 Å². The van der Waals surface area contributed by atoms with E-state index in [-0.39, 0.29) is 0 Å². The monoisotopic (exact) mass is 302 g/mol. The maximum Gasteiger partial charge on any atom is 0.331 e. The summed E-state index contributed by atoms with van der Waals surface area (Å²) in [5.41, 5.74) is 4.45. The lowest BCUT2D eigenvalue weighted by molar-refractivity contribution is -0.139. The summed E-state index contributed by atoms with van der Waals surface area (Å²) < 4.78 is 0. The molecule has 0 spiro atoms. The second-order valence-corrected chi connectivity index (χ2v) is 5.53. The van der Waals surface area contributed by atoms with E-state index in [1.165, 1.54) is 0 Å². The highest BCUT2D eigenvalue weighted by Gasteiger charge is 2.13. The number of allylic oxidation sites excluding steroid dienone is 4. The van der Waals surface area contributed by atoms with E-state index >= 15 is 0 Å². The van der Waals surface area contributed by atoms with Crippen LogP contribution in [0.1, 0.15) is 38.5 Å². The van der Waals surface area contributed by atoms with E-state index in [9.17, 15) is 9.59 Å². The molecule has 0 radical (unpaired) electrons. The van der Waals surface area contributed by atoms with Gasteiger partial charge in [0.1, 0.15) is 0 Å². The molecule has 118 valence electrons. The van der Waals surface area contributed by atoms with E-state index in [0.717, 1.165) is 38.5 Å². The van der Waals surface area contributed by atoms with Crippen LogP contribution in [-0.2, 0) is 9.59 Å². The van der Waals surface area contributed by atoms with Gasteiger partial charge < -0.3 is 0 Å². The largest absolute Gasteiger partial charge is 0.331 e. The van der Waals surface area contributed by atoms with E-state index in [1.807, 2.05) is 0 Å². The van der Waals surface area contributed by atoms with Crippen LogP contribution >= 0.6 is 0 Å². The van der Waals surface area contributed by atoms with Crippen molar-refractivity contribution in [2.75, 3.05) is 0 Å². The van der Waals surface area contributed by atoms with Crippen molar-refractivity contribution in [2.24, 2.45) is 22.0 Å². The molecule has 0 saturated carbocycles. The molecule has 0 saturated heterocycles. The zero-order valence-electron chi connectivity index (χ0n) is 12.6. The fourth-order valence-corrected chi connectivity index (χ4v) is 2.41. The zero-order valence-corrected chi connectivity index (χ0v) is 12.6. The number of hydrazone groups is 2. The molecule has 0 bridgehead atoms. The average molecular weight is 302 g/mol. The van der Waals surface area contributed by atoms with Crippen molar-refractivity contribution < 1.29 is 9.59 Å². The molecule has 2 rings (SSSR count). The van der Waals surface area contributed by atoms with Crippen LogP contribution in [0.15, 0.2) is 34.5 Å². The summed E-state index contributed by atoms with van der Waals surface area (Å²) in [5, 5.41) is 7.67. The molecule has 22 heavy (non-hydrogen) atoms. The van der Waals surface area contributed by atoms with Crippen molar-refractivity contribution in [3.05, 3.63) is 24.3 Å². The Morgan fingerprint density at radius 3 is 1.64 bits per heavy atom. The Kier molecular flexibility index (Phi) is 6.54. The number of hydrogen-bond donors (Lipinski definition) is 2. The van der Waals surface area contributed by atoms with E-state index in [4.69, 9.17) is 0 Å². The maximum atomic E-state index is 11.5. The number of rotatable bonds is 4. The summed E-state index contributed by atoms with van der Waals surface area (Å²) >= 11 is 0. The molecule has 0 aromatic rings. The molecule has 0 aromatic heterocycles. The molecule has 2 N–H and O–H groups in total. The molecule has 2 aliphatic carbocycles. The van der Waals surface area contributed by atoms with E-state index in [0.29, 0.717) is 11.8 Å². The third kappa shape index (κ3) is 5.63. The predicted octanol–water partition coefficient (Wildman–Crippen LogP) is 1.90. The van der Waals surface area contributed by atoms with E-state index < -0.39 is 11.8 Å². The Hall–Kier alpha value is -2.24. The van der Waals surface area contributed by atoms with Gasteiger partial charge in [0, 0.05) is 12.4 Å². The summed E-state index contributed by atoms with van der Waals surface area (Å²) in [7, 11) is 0. The number of carbonyl (C=O) groups excluding carboxylic acids is 2. The molecule has 0 aliphatic heterocycles. The fourth-order valence-electron chi connectivity index (χ4n) is 2.41. The number of amides is 2. The molecular formula is C16H22N4O2. The second kappa shape index (κ2) is 8.92. The van der Waals surface area contributed by atoms with Gasteiger partial charge in [0.2, 0.25) is 0 Å². The third-order valence-corrected chi connectivity index (χ3v) is 3.73. The van der Waals surface area contributed by atoms with Gasteiger partial charge in [0.25, 0.3) is 0 Å². The van der Waals surface area contributed by atoms with Crippen molar-refractivity contribution in [2.45, 2.75) is 38.5 Å². The lowest BCUT2D eigenvalue weighted by Crippen LogP contribution is -2.35. The summed E-state index contributed by atoms with van der Waals surface area (Å²) in [6, 6.07) is 0. The van der Waals surface area contributed by atoms with Gasteiger partial charge in [-0.2, -0.15) is 10.2 Å². The molecule has 6 nitrogen and oxygen atoms in total. The molecule has 0 heterocycles. The second-order valence-electron chi connectivity index (χ2n) is 5.53. The normalized spacial score (nSPS) is 24.7. The zero-order chi connectivity index (χ0) is 15.6. The van der Waals surface area contributed by atoms with Crippen LogP contribution in [0, 0.1) is 11.8 Å². The quantitative estimate of drug-likeness (QED) is 0.360. The van der Waals surface area contributed by atoms with E-state index in [2.05, 4.69) is 45.4 Å². The molecule has 2 atom stereocenters. The molecule has 2 unspecified atom stereocenters. The highest BCUT2D eigenvalue weighted by Crippen LogP contribution is 2.16. The first-order valence-electron chi connectivity index (χ1n) is 7.72. The molecule has 2 amide bonds. The van der Waals surface area contributed by atoms with Gasteiger partial charge in [0.05, 0.1) is 0 Å². The van der Waals surface area contributed by atoms with Crippen LogP contribution in [0.5, 0.6) is 0 Å². The van der Waals surface area contributed by atoms with Crippen LogP contribution in [0.3, 0.4) is 0 Å². The van der Waals surface area contributed by atoms with Gasteiger partial charge >= 0.3 is 11.8 Å². The average Bonchev–Trinajstić information content (AvgIpc) is 2.56.